The van der Waals surface area contributed by atoms with Crippen molar-refractivity contribution in [2.24, 2.45) is 5.92 Å². The van der Waals surface area contributed by atoms with Gasteiger partial charge in [0.25, 0.3) is 0 Å². The second kappa shape index (κ2) is 5.90. The highest BCUT2D eigenvalue weighted by Gasteiger charge is 2.32. The molecular formula is C17H21NO2. The molecule has 1 aliphatic heterocycles. The van der Waals surface area contributed by atoms with Crippen molar-refractivity contribution >= 4 is 10.9 Å². The third-order valence-corrected chi connectivity index (χ3v) is 4.23. The Morgan fingerprint density at radius 1 is 1.30 bits per heavy atom. The Bertz CT molecular complexity index is 584. The van der Waals surface area contributed by atoms with Gasteiger partial charge in [-0.05, 0) is 25.0 Å². The zero-order valence-electron chi connectivity index (χ0n) is 11.8. The van der Waals surface area contributed by atoms with Crippen molar-refractivity contribution in [3.8, 4) is 0 Å². The van der Waals surface area contributed by atoms with Crippen LogP contribution in [-0.4, -0.2) is 28.9 Å². The van der Waals surface area contributed by atoms with Crippen LogP contribution in [0.3, 0.4) is 0 Å². The molecule has 0 aliphatic carbocycles. The van der Waals surface area contributed by atoms with Crippen LogP contribution in [0.25, 0.3) is 10.9 Å². The fourth-order valence-electron chi connectivity index (χ4n) is 3.11. The minimum Gasteiger partial charge on any atom is -0.392 e. The van der Waals surface area contributed by atoms with E-state index in [1.807, 2.05) is 24.3 Å². The minimum absolute atomic E-state index is 0.199. The summed E-state index contributed by atoms with van der Waals surface area (Å²) in [6.07, 6.45) is 2.36. The summed E-state index contributed by atoms with van der Waals surface area (Å²) in [7, 11) is 0. The number of rotatable bonds is 4. The predicted molar refractivity (Wildman–Crippen MR) is 79.6 cm³/mol. The Labute approximate surface area is 119 Å². The number of ether oxygens (including phenoxy) is 1. The Morgan fingerprint density at radius 2 is 2.15 bits per heavy atom. The van der Waals surface area contributed by atoms with Gasteiger partial charge in [0.05, 0.1) is 17.7 Å². The van der Waals surface area contributed by atoms with Crippen LogP contribution in [0.1, 0.15) is 25.5 Å². The summed E-state index contributed by atoms with van der Waals surface area (Å²) in [6, 6.07) is 12.2. The number of benzene rings is 1. The Hall–Kier alpha value is -1.45. The van der Waals surface area contributed by atoms with E-state index in [1.165, 1.54) is 0 Å². The number of fused-ring (bicyclic) bond motifs is 1. The molecule has 0 radical (unpaired) electrons. The van der Waals surface area contributed by atoms with E-state index in [-0.39, 0.29) is 18.1 Å². The van der Waals surface area contributed by atoms with Gasteiger partial charge >= 0.3 is 0 Å². The van der Waals surface area contributed by atoms with Crippen LogP contribution in [0.4, 0.5) is 0 Å². The first-order valence-corrected chi connectivity index (χ1v) is 7.42. The van der Waals surface area contributed by atoms with Gasteiger partial charge in [0, 0.05) is 30.0 Å². The van der Waals surface area contributed by atoms with Crippen LogP contribution >= 0.6 is 0 Å². The van der Waals surface area contributed by atoms with Crippen molar-refractivity contribution in [1.82, 2.24) is 4.98 Å². The molecule has 3 rings (SSSR count). The third kappa shape index (κ3) is 2.69. The first-order valence-electron chi connectivity index (χ1n) is 7.42. The Morgan fingerprint density at radius 3 is 3.00 bits per heavy atom. The van der Waals surface area contributed by atoms with Crippen LogP contribution in [0.15, 0.2) is 36.4 Å². The topological polar surface area (TPSA) is 42.4 Å². The fourth-order valence-corrected chi connectivity index (χ4v) is 3.11. The van der Waals surface area contributed by atoms with Crippen molar-refractivity contribution in [3.63, 3.8) is 0 Å². The first kappa shape index (κ1) is 13.5. The van der Waals surface area contributed by atoms with Crippen LogP contribution in [0.2, 0.25) is 0 Å². The van der Waals surface area contributed by atoms with Gasteiger partial charge in [-0.2, -0.15) is 0 Å². The van der Waals surface area contributed by atoms with Gasteiger partial charge in [-0.1, -0.05) is 31.2 Å². The van der Waals surface area contributed by atoms with Crippen molar-refractivity contribution in [1.29, 1.82) is 0 Å². The van der Waals surface area contributed by atoms with Crippen molar-refractivity contribution in [3.05, 3.63) is 42.1 Å². The first-order chi connectivity index (χ1) is 9.78. The van der Waals surface area contributed by atoms with Gasteiger partial charge in [-0.15, -0.1) is 0 Å². The SMILES string of the molecule is CCC1OCCC1C(O)Cc1ccc2ccccc2n1. The molecule has 1 fully saturated rings. The summed E-state index contributed by atoms with van der Waals surface area (Å²) in [4.78, 5) is 4.64. The van der Waals surface area contributed by atoms with Crippen LogP contribution < -0.4 is 0 Å². The number of para-hydroxylation sites is 1. The molecule has 3 heteroatoms. The largest absolute Gasteiger partial charge is 0.392 e. The van der Waals surface area contributed by atoms with E-state index < -0.39 is 0 Å². The molecule has 1 N–H and O–H groups in total. The average Bonchev–Trinajstić information content (AvgIpc) is 2.95. The number of aliphatic hydroxyl groups excluding tert-OH is 1. The van der Waals surface area contributed by atoms with Crippen molar-refractivity contribution < 1.29 is 9.84 Å². The molecule has 106 valence electrons. The molecule has 0 spiro atoms. The molecule has 0 amide bonds. The Balaban J connectivity index is 1.75. The number of nitrogens with zero attached hydrogens (tertiary/aromatic N) is 1. The zero-order chi connectivity index (χ0) is 13.9. The van der Waals surface area contributed by atoms with Gasteiger partial charge in [0.15, 0.2) is 0 Å². The molecular weight excluding hydrogens is 250 g/mol. The summed E-state index contributed by atoms with van der Waals surface area (Å²) < 4.78 is 5.66. The lowest BCUT2D eigenvalue weighted by Gasteiger charge is -2.22. The smallest absolute Gasteiger partial charge is 0.0705 e. The second-order valence-corrected chi connectivity index (χ2v) is 5.54. The minimum atomic E-state index is -0.365. The fraction of sp³-hybridized carbons (Fsp3) is 0.471. The highest BCUT2D eigenvalue weighted by Crippen LogP contribution is 2.28. The number of aliphatic hydroxyl groups is 1. The van der Waals surface area contributed by atoms with E-state index >= 15 is 0 Å². The average molecular weight is 271 g/mol. The van der Waals surface area contributed by atoms with Crippen LogP contribution in [0, 0.1) is 5.92 Å². The quantitative estimate of drug-likeness (QED) is 0.929. The van der Waals surface area contributed by atoms with Gasteiger partial charge in [0.2, 0.25) is 0 Å². The summed E-state index contributed by atoms with van der Waals surface area (Å²) in [6.45, 7) is 2.88. The third-order valence-electron chi connectivity index (χ3n) is 4.23. The lowest BCUT2D eigenvalue weighted by Crippen LogP contribution is -2.29. The van der Waals surface area contributed by atoms with E-state index in [4.69, 9.17) is 4.74 Å². The maximum atomic E-state index is 10.5. The van der Waals surface area contributed by atoms with Crippen LogP contribution in [0.5, 0.6) is 0 Å². The van der Waals surface area contributed by atoms with E-state index in [0.717, 1.165) is 36.0 Å². The maximum Gasteiger partial charge on any atom is 0.0705 e. The zero-order valence-corrected chi connectivity index (χ0v) is 11.8. The molecule has 1 aromatic heterocycles. The normalized spacial score (nSPS) is 24.1. The molecule has 1 saturated heterocycles. The highest BCUT2D eigenvalue weighted by atomic mass is 16.5. The van der Waals surface area contributed by atoms with E-state index in [1.54, 1.807) is 0 Å². The molecule has 3 nitrogen and oxygen atoms in total. The molecule has 3 atom stereocenters. The summed E-state index contributed by atoms with van der Waals surface area (Å²) in [5, 5.41) is 11.6. The lowest BCUT2D eigenvalue weighted by molar-refractivity contribution is 0.0314. The van der Waals surface area contributed by atoms with Gasteiger partial charge in [-0.3, -0.25) is 4.98 Å². The van der Waals surface area contributed by atoms with E-state index in [9.17, 15) is 5.11 Å². The predicted octanol–water partition coefficient (Wildman–Crippen LogP) is 2.95. The van der Waals surface area contributed by atoms with E-state index in [2.05, 4.69) is 24.0 Å². The number of hydrogen-bond acceptors (Lipinski definition) is 3. The summed E-state index contributed by atoms with van der Waals surface area (Å²) in [5.41, 5.74) is 1.95. The maximum absolute atomic E-state index is 10.5. The van der Waals surface area contributed by atoms with E-state index in [0.29, 0.717) is 6.42 Å². The molecule has 1 aromatic carbocycles. The highest BCUT2D eigenvalue weighted by molar-refractivity contribution is 5.78. The number of aromatic nitrogens is 1. The standard InChI is InChI=1S/C17H21NO2/c1-2-17-14(9-10-20-17)16(19)11-13-8-7-12-5-3-4-6-15(12)18-13/h3-8,14,16-17,19H,2,9-11H2,1H3. The van der Waals surface area contributed by atoms with Gasteiger partial charge in [0.1, 0.15) is 0 Å². The lowest BCUT2D eigenvalue weighted by atomic mass is 9.90. The molecule has 0 saturated carbocycles. The summed E-state index contributed by atoms with van der Waals surface area (Å²) >= 11 is 0. The molecule has 3 unspecified atom stereocenters. The van der Waals surface area contributed by atoms with Crippen molar-refractivity contribution in [2.45, 2.75) is 38.4 Å². The molecule has 20 heavy (non-hydrogen) atoms. The number of pyridine rings is 1. The summed E-state index contributed by atoms with van der Waals surface area (Å²) in [5.74, 6) is 0.244. The monoisotopic (exact) mass is 271 g/mol. The van der Waals surface area contributed by atoms with Crippen LogP contribution in [-0.2, 0) is 11.2 Å². The Kier molecular flexibility index (Phi) is 3.99. The second-order valence-electron chi connectivity index (χ2n) is 5.54. The van der Waals surface area contributed by atoms with Gasteiger partial charge in [-0.25, -0.2) is 0 Å². The van der Waals surface area contributed by atoms with Gasteiger partial charge < -0.3 is 9.84 Å². The molecule has 2 aromatic rings. The molecule has 0 bridgehead atoms. The molecule has 2 heterocycles. The van der Waals surface area contributed by atoms with Crippen molar-refractivity contribution in [2.75, 3.05) is 6.61 Å². The molecule has 1 aliphatic rings. The number of hydrogen-bond donors (Lipinski definition) is 1.